The monoisotopic (exact) mass is 503 g/mol. The summed E-state index contributed by atoms with van der Waals surface area (Å²) in [5, 5.41) is 6.73. The molecule has 2 N–H and O–H groups in total. The SMILES string of the molecule is CN=C(NCc1ccc(OC2CCCC2)c(OC)c1)NCC1(C)CCCO1.I. The van der Waals surface area contributed by atoms with E-state index in [1.165, 1.54) is 12.8 Å². The van der Waals surface area contributed by atoms with Gasteiger partial charge in [0.1, 0.15) is 0 Å². The Kier molecular flexibility index (Phi) is 9.14. The highest BCUT2D eigenvalue weighted by Crippen LogP contribution is 2.32. The number of rotatable bonds is 7. The molecule has 1 aliphatic heterocycles. The summed E-state index contributed by atoms with van der Waals surface area (Å²) in [5.74, 6) is 2.40. The van der Waals surface area contributed by atoms with Crippen LogP contribution in [0.3, 0.4) is 0 Å². The second-order valence-corrected chi connectivity index (χ2v) is 7.69. The summed E-state index contributed by atoms with van der Waals surface area (Å²) in [6.45, 7) is 4.41. The third kappa shape index (κ3) is 6.40. The van der Waals surface area contributed by atoms with Crippen LogP contribution in [-0.2, 0) is 11.3 Å². The van der Waals surface area contributed by atoms with Gasteiger partial charge in [-0.2, -0.15) is 0 Å². The molecule has 0 bridgehead atoms. The van der Waals surface area contributed by atoms with E-state index in [2.05, 4.69) is 28.6 Å². The maximum absolute atomic E-state index is 6.11. The third-order valence-electron chi connectivity index (χ3n) is 5.44. The Morgan fingerprint density at radius 2 is 2.00 bits per heavy atom. The zero-order chi connectivity index (χ0) is 19.1. The molecule has 3 rings (SSSR count). The maximum Gasteiger partial charge on any atom is 0.191 e. The van der Waals surface area contributed by atoms with E-state index in [0.717, 1.165) is 61.9 Å². The molecule has 0 amide bonds. The first-order chi connectivity index (χ1) is 13.1. The fourth-order valence-corrected chi connectivity index (χ4v) is 3.76. The van der Waals surface area contributed by atoms with Crippen molar-refractivity contribution in [3.63, 3.8) is 0 Å². The molecule has 0 radical (unpaired) electrons. The van der Waals surface area contributed by atoms with Gasteiger partial charge in [-0.1, -0.05) is 6.07 Å². The van der Waals surface area contributed by atoms with Crippen molar-refractivity contribution in [2.24, 2.45) is 4.99 Å². The van der Waals surface area contributed by atoms with Crippen LogP contribution in [0.1, 0.15) is 51.0 Å². The number of benzene rings is 1. The molecule has 1 aromatic rings. The molecule has 2 aliphatic rings. The van der Waals surface area contributed by atoms with Gasteiger partial charge >= 0.3 is 0 Å². The van der Waals surface area contributed by atoms with E-state index in [1.54, 1.807) is 14.2 Å². The zero-order valence-corrected chi connectivity index (χ0v) is 19.6. The smallest absolute Gasteiger partial charge is 0.191 e. The summed E-state index contributed by atoms with van der Waals surface area (Å²) >= 11 is 0. The number of nitrogens with zero attached hydrogens (tertiary/aromatic N) is 1. The van der Waals surface area contributed by atoms with Crippen LogP contribution in [0.15, 0.2) is 23.2 Å². The summed E-state index contributed by atoms with van der Waals surface area (Å²) in [6, 6.07) is 6.12. The minimum absolute atomic E-state index is 0. The van der Waals surface area contributed by atoms with Crippen molar-refractivity contribution < 1.29 is 14.2 Å². The van der Waals surface area contributed by atoms with Crippen LogP contribution >= 0.6 is 24.0 Å². The van der Waals surface area contributed by atoms with Crippen molar-refractivity contribution in [2.45, 2.75) is 63.7 Å². The van der Waals surface area contributed by atoms with Crippen LogP contribution in [0.5, 0.6) is 11.5 Å². The average molecular weight is 503 g/mol. The fraction of sp³-hybridized carbons (Fsp3) is 0.667. The summed E-state index contributed by atoms with van der Waals surface area (Å²) in [4.78, 5) is 4.31. The quantitative estimate of drug-likeness (QED) is 0.336. The van der Waals surface area contributed by atoms with Crippen LogP contribution in [-0.4, -0.2) is 45.0 Å². The fourth-order valence-electron chi connectivity index (χ4n) is 3.76. The molecular formula is C21H34IN3O3. The van der Waals surface area contributed by atoms with Crippen molar-refractivity contribution >= 4 is 29.9 Å². The van der Waals surface area contributed by atoms with Gasteiger partial charge in [0.15, 0.2) is 17.5 Å². The van der Waals surface area contributed by atoms with Crippen LogP contribution in [0, 0.1) is 0 Å². The molecule has 28 heavy (non-hydrogen) atoms. The topological polar surface area (TPSA) is 64.1 Å². The van der Waals surface area contributed by atoms with Crippen LogP contribution in [0.25, 0.3) is 0 Å². The van der Waals surface area contributed by atoms with E-state index < -0.39 is 0 Å². The Balaban J connectivity index is 0.00000280. The Bertz CT molecular complexity index is 642. The molecule has 6 nitrogen and oxygen atoms in total. The molecule has 0 spiro atoms. The first-order valence-corrected chi connectivity index (χ1v) is 10.0. The Morgan fingerprint density at radius 3 is 2.64 bits per heavy atom. The predicted octanol–water partition coefficient (Wildman–Crippen LogP) is 3.87. The molecule has 158 valence electrons. The number of nitrogens with one attached hydrogen (secondary N) is 2. The second-order valence-electron chi connectivity index (χ2n) is 7.69. The molecular weight excluding hydrogens is 469 g/mol. The third-order valence-corrected chi connectivity index (χ3v) is 5.44. The molecule has 2 fully saturated rings. The summed E-state index contributed by atoms with van der Waals surface area (Å²) in [6.07, 6.45) is 7.31. The van der Waals surface area contributed by atoms with Gasteiger partial charge in [-0.05, 0) is 63.1 Å². The normalized spacial score (nSPS) is 22.6. The second kappa shape index (κ2) is 11.1. The minimum atomic E-state index is -0.0972. The number of aliphatic imine (C=N–C) groups is 1. The lowest BCUT2D eigenvalue weighted by molar-refractivity contribution is 0.0243. The average Bonchev–Trinajstić information content (AvgIpc) is 3.35. The molecule has 1 aliphatic carbocycles. The Morgan fingerprint density at radius 1 is 1.21 bits per heavy atom. The highest BCUT2D eigenvalue weighted by Gasteiger charge is 2.29. The van der Waals surface area contributed by atoms with E-state index in [9.17, 15) is 0 Å². The lowest BCUT2D eigenvalue weighted by atomic mass is 10.0. The van der Waals surface area contributed by atoms with Crippen molar-refractivity contribution in [3.8, 4) is 11.5 Å². The van der Waals surface area contributed by atoms with Crippen molar-refractivity contribution in [2.75, 3.05) is 27.3 Å². The standard InChI is InChI=1S/C21H33N3O3.HI/c1-21(11-6-12-26-21)15-24-20(22-2)23-14-16-9-10-18(19(13-16)25-3)27-17-7-4-5-8-17;/h9-10,13,17H,4-8,11-12,14-15H2,1-3H3,(H2,22,23,24);1H. The predicted molar refractivity (Wildman–Crippen MR) is 123 cm³/mol. The molecule has 1 saturated carbocycles. The number of guanidine groups is 1. The summed E-state index contributed by atoms with van der Waals surface area (Å²) < 4.78 is 17.5. The number of ether oxygens (including phenoxy) is 3. The van der Waals surface area contributed by atoms with E-state index >= 15 is 0 Å². The Labute approximate surface area is 185 Å². The molecule has 1 unspecified atom stereocenters. The number of hydrogen-bond donors (Lipinski definition) is 2. The van der Waals surface area contributed by atoms with Gasteiger partial charge in [0, 0.05) is 26.7 Å². The minimum Gasteiger partial charge on any atom is -0.493 e. The van der Waals surface area contributed by atoms with Gasteiger partial charge in [-0.3, -0.25) is 4.99 Å². The largest absolute Gasteiger partial charge is 0.493 e. The molecule has 1 saturated heterocycles. The van der Waals surface area contributed by atoms with Gasteiger partial charge in [0.05, 0.1) is 18.8 Å². The van der Waals surface area contributed by atoms with Crippen molar-refractivity contribution in [3.05, 3.63) is 23.8 Å². The van der Waals surface area contributed by atoms with Crippen molar-refractivity contribution in [1.29, 1.82) is 0 Å². The number of halogens is 1. The molecule has 7 heteroatoms. The molecule has 1 atom stereocenters. The highest BCUT2D eigenvalue weighted by atomic mass is 127. The number of methoxy groups -OCH3 is 1. The van der Waals surface area contributed by atoms with E-state index in [0.29, 0.717) is 12.6 Å². The summed E-state index contributed by atoms with van der Waals surface area (Å²) in [5.41, 5.74) is 1.02. The molecule has 1 aromatic carbocycles. The lowest BCUT2D eigenvalue weighted by Crippen LogP contribution is -2.45. The van der Waals surface area contributed by atoms with Gasteiger partial charge < -0.3 is 24.8 Å². The van der Waals surface area contributed by atoms with Gasteiger partial charge in [0.2, 0.25) is 0 Å². The van der Waals surface area contributed by atoms with Gasteiger partial charge in [0.25, 0.3) is 0 Å². The maximum atomic E-state index is 6.11. The van der Waals surface area contributed by atoms with E-state index in [1.807, 2.05) is 12.1 Å². The van der Waals surface area contributed by atoms with Crippen LogP contribution < -0.4 is 20.1 Å². The molecule has 0 aromatic heterocycles. The van der Waals surface area contributed by atoms with E-state index in [-0.39, 0.29) is 29.6 Å². The zero-order valence-electron chi connectivity index (χ0n) is 17.3. The first kappa shape index (κ1) is 23.1. The van der Waals surface area contributed by atoms with Crippen LogP contribution in [0.2, 0.25) is 0 Å². The van der Waals surface area contributed by atoms with E-state index in [4.69, 9.17) is 14.2 Å². The number of hydrogen-bond acceptors (Lipinski definition) is 4. The van der Waals surface area contributed by atoms with Crippen molar-refractivity contribution in [1.82, 2.24) is 10.6 Å². The highest BCUT2D eigenvalue weighted by molar-refractivity contribution is 14.0. The Hall–Kier alpha value is -1.22. The molecule has 1 heterocycles. The van der Waals surface area contributed by atoms with Gasteiger partial charge in [-0.15, -0.1) is 24.0 Å². The van der Waals surface area contributed by atoms with Crippen LogP contribution in [0.4, 0.5) is 0 Å². The summed E-state index contributed by atoms with van der Waals surface area (Å²) in [7, 11) is 3.48. The van der Waals surface area contributed by atoms with Gasteiger partial charge in [-0.25, -0.2) is 0 Å². The first-order valence-electron chi connectivity index (χ1n) is 10.0. The lowest BCUT2D eigenvalue weighted by Gasteiger charge is -2.24.